The molecular formula is C17H17Cl2NO4. The lowest BCUT2D eigenvalue weighted by Crippen LogP contribution is -2.28. The second-order valence-corrected chi connectivity index (χ2v) is 5.69. The smallest absolute Gasteiger partial charge is 0.258 e. The number of ether oxygens (including phenoxy) is 3. The summed E-state index contributed by atoms with van der Waals surface area (Å²) in [6, 6.07) is 10.2. The topological polar surface area (TPSA) is 56.8 Å². The maximum atomic E-state index is 11.9. The number of carbonyl (C=O) groups excluding carboxylic acids is 1. The van der Waals surface area contributed by atoms with E-state index in [1.54, 1.807) is 50.6 Å². The predicted octanol–water partition coefficient (Wildman–Crippen LogP) is 3.71. The molecule has 0 bridgehead atoms. The molecule has 0 aliphatic heterocycles. The first-order valence-electron chi connectivity index (χ1n) is 7.08. The fourth-order valence-corrected chi connectivity index (χ4v) is 2.40. The van der Waals surface area contributed by atoms with Crippen molar-refractivity contribution in [1.82, 2.24) is 5.32 Å². The van der Waals surface area contributed by atoms with E-state index in [1.807, 2.05) is 0 Å². The Kier molecular flexibility index (Phi) is 6.58. The zero-order valence-electron chi connectivity index (χ0n) is 13.3. The minimum atomic E-state index is -0.275. The zero-order chi connectivity index (χ0) is 17.5. The van der Waals surface area contributed by atoms with Gasteiger partial charge in [-0.1, -0.05) is 29.3 Å². The van der Waals surface area contributed by atoms with Gasteiger partial charge in [-0.25, -0.2) is 0 Å². The van der Waals surface area contributed by atoms with E-state index in [4.69, 9.17) is 37.4 Å². The van der Waals surface area contributed by atoms with Gasteiger partial charge in [0.05, 0.1) is 14.2 Å². The van der Waals surface area contributed by atoms with Gasteiger partial charge in [-0.2, -0.15) is 0 Å². The van der Waals surface area contributed by atoms with E-state index in [1.165, 1.54) is 0 Å². The predicted molar refractivity (Wildman–Crippen MR) is 93.3 cm³/mol. The second-order valence-electron chi connectivity index (χ2n) is 4.85. The molecule has 0 spiro atoms. The van der Waals surface area contributed by atoms with E-state index in [-0.39, 0.29) is 12.5 Å². The Hall–Kier alpha value is -2.11. The molecule has 24 heavy (non-hydrogen) atoms. The van der Waals surface area contributed by atoms with Gasteiger partial charge in [-0.15, -0.1) is 0 Å². The molecule has 0 saturated heterocycles. The highest BCUT2D eigenvalue weighted by atomic mass is 35.5. The minimum Gasteiger partial charge on any atom is -0.496 e. The molecule has 0 radical (unpaired) electrons. The Balaban J connectivity index is 1.89. The van der Waals surface area contributed by atoms with Crippen LogP contribution in [0.5, 0.6) is 17.2 Å². The van der Waals surface area contributed by atoms with Gasteiger partial charge in [-0.3, -0.25) is 4.79 Å². The lowest BCUT2D eigenvalue weighted by atomic mass is 10.2. The maximum absolute atomic E-state index is 11.9. The van der Waals surface area contributed by atoms with Crippen molar-refractivity contribution in [3.63, 3.8) is 0 Å². The van der Waals surface area contributed by atoms with Crippen LogP contribution in [0.15, 0.2) is 36.4 Å². The van der Waals surface area contributed by atoms with Gasteiger partial charge in [0.25, 0.3) is 5.91 Å². The maximum Gasteiger partial charge on any atom is 0.258 e. The summed E-state index contributed by atoms with van der Waals surface area (Å²) in [5.74, 6) is 1.36. The lowest BCUT2D eigenvalue weighted by Gasteiger charge is -2.11. The van der Waals surface area contributed by atoms with Gasteiger partial charge in [0, 0.05) is 34.8 Å². The molecule has 1 N–H and O–H groups in total. The van der Waals surface area contributed by atoms with Crippen LogP contribution in [0, 0.1) is 0 Å². The number of hydrogen-bond acceptors (Lipinski definition) is 4. The van der Waals surface area contributed by atoms with Gasteiger partial charge in [-0.05, 0) is 17.7 Å². The SMILES string of the molecule is COc1cc(OC)cc(OCC(=O)NCc2ccc(Cl)cc2Cl)c1. The van der Waals surface area contributed by atoms with Gasteiger partial charge >= 0.3 is 0 Å². The summed E-state index contributed by atoms with van der Waals surface area (Å²) in [5, 5.41) is 3.78. The van der Waals surface area contributed by atoms with Crippen molar-refractivity contribution in [1.29, 1.82) is 0 Å². The summed E-state index contributed by atoms with van der Waals surface area (Å²) in [6.07, 6.45) is 0. The summed E-state index contributed by atoms with van der Waals surface area (Å²) in [4.78, 5) is 11.9. The van der Waals surface area contributed by atoms with E-state index in [0.29, 0.717) is 33.8 Å². The minimum absolute atomic E-state index is 0.137. The molecule has 2 aromatic carbocycles. The number of nitrogens with one attached hydrogen (secondary N) is 1. The molecule has 0 aromatic heterocycles. The Morgan fingerprint density at radius 2 is 1.62 bits per heavy atom. The molecule has 7 heteroatoms. The summed E-state index contributed by atoms with van der Waals surface area (Å²) in [5.41, 5.74) is 0.775. The fraction of sp³-hybridized carbons (Fsp3) is 0.235. The number of amides is 1. The molecule has 0 aliphatic carbocycles. The second kappa shape index (κ2) is 8.66. The number of carbonyl (C=O) groups is 1. The summed E-state index contributed by atoms with van der Waals surface area (Å²) in [7, 11) is 3.09. The Morgan fingerprint density at radius 1 is 1.00 bits per heavy atom. The summed E-state index contributed by atoms with van der Waals surface area (Å²) < 4.78 is 15.8. The zero-order valence-corrected chi connectivity index (χ0v) is 14.8. The van der Waals surface area contributed by atoms with Crippen LogP contribution in [-0.2, 0) is 11.3 Å². The van der Waals surface area contributed by atoms with Crippen molar-refractivity contribution >= 4 is 29.1 Å². The van der Waals surface area contributed by atoms with Crippen LogP contribution in [0.2, 0.25) is 10.0 Å². The Morgan fingerprint density at radius 3 is 2.21 bits per heavy atom. The molecule has 0 unspecified atom stereocenters. The van der Waals surface area contributed by atoms with Crippen molar-refractivity contribution in [2.75, 3.05) is 20.8 Å². The summed E-state index contributed by atoms with van der Waals surface area (Å²) >= 11 is 11.9. The van der Waals surface area contributed by atoms with Gasteiger partial charge in [0.2, 0.25) is 0 Å². The highest BCUT2D eigenvalue weighted by Gasteiger charge is 2.08. The van der Waals surface area contributed by atoms with E-state index in [9.17, 15) is 4.79 Å². The number of hydrogen-bond donors (Lipinski definition) is 1. The molecular weight excluding hydrogens is 353 g/mol. The molecule has 5 nitrogen and oxygen atoms in total. The van der Waals surface area contributed by atoms with Crippen molar-refractivity contribution in [3.05, 3.63) is 52.0 Å². The van der Waals surface area contributed by atoms with Crippen LogP contribution >= 0.6 is 23.2 Å². The molecule has 0 saturated carbocycles. The largest absolute Gasteiger partial charge is 0.496 e. The molecule has 1 amide bonds. The van der Waals surface area contributed by atoms with Gasteiger partial charge in [0.1, 0.15) is 17.2 Å². The van der Waals surface area contributed by atoms with Crippen molar-refractivity contribution < 1.29 is 19.0 Å². The van der Waals surface area contributed by atoms with Gasteiger partial charge < -0.3 is 19.5 Å². The van der Waals surface area contributed by atoms with Crippen molar-refractivity contribution in [2.45, 2.75) is 6.54 Å². The molecule has 0 heterocycles. The van der Waals surface area contributed by atoms with E-state index >= 15 is 0 Å². The lowest BCUT2D eigenvalue weighted by molar-refractivity contribution is -0.123. The quantitative estimate of drug-likeness (QED) is 0.808. The van der Waals surface area contributed by atoms with E-state index in [2.05, 4.69) is 5.32 Å². The van der Waals surface area contributed by atoms with Crippen LogP contribution in [0.4, 0.5) is 0 Å². The highest BCUT2D eigenvalue weighted by Crippen LogP contribution is 2.27. The third-order valence-electron chi connectivity index (χ3n) is 3.19. The molecule has 128 valence electrons. The Bertz CT molecular complexity index is 699. The van der Waals surface area contributed by atoms with E-state index < -0.39 is 0 Å². The molecule has 0 atom stereocenters. The van der Waals surface area contributed by atoms with Crippen LogP contribution in [-0.4, -0.2) is 26.7 Å². The average Bonchev–Trinajstić information content (AvgIpc) is 2.58. The van der Waals surface area contributed by atoms with E-state index in [0.717, 1.165) is 5.56 Å². The van der Waals surface area contributed by atoms with Gasteiger partial charge in [0.15, 0.2) is 6.61 Å². The molecule has 0 fully saturated rings. The highest BCUT2D eigenvalue weighted by molar-refractivity contribution is 6.35. The average molecular weight is 370 g/mol. The fourth-order valence-electron chi connectivity index (χ4n) is 1.92. The molecule has 2 rings (SSSR count). The monoisotopic (exact) mass is 369 g/mol. The number of methoxy groups -OCH3 is 2. The van der Waals surface area contributed by atoms with Crippen molar-refractivity contribution in [3.8, 4) is 17.2 Å². The molecule has 2 aromatic rings. The van der Waals surface area contributed by atoms with Crippen LogP contribution in [0.25, 0.3) is 0 Å². The van der Waals surface area contributed by atoms with Crippen molar-refractivity contribution in [2.24, 2.45) is 0 Å². The number of rotatable bonds is 7. The number of benzene rings is 2. The number of halogens is 2. The summed E-state index contributed by atoms with van der Waals surface area (Å²) in [6.45, 7) is 0.154. The Labute approximate surface area is 150 Å². The standard InChI is InChI=1S/C17H17Cl2NO4/c1-22-13-6-14(23-2)8-15(7-13)24-10-17(21)20-9-11-3-4-12(18)5-16(11)19/h3-8H,9-10H2,1-2H3,(H,20,21). The third kappa shape index (κ3) is 5.22. The first-order chi connectivity index (χ1) is 11.5. The first-order valence-corrected chi connectivity index (χ1v) is 7.84. The normalized spacial score (nSPS) is 10.2. The van der Waals surface area contributed by atoms with Crippen LogP contribution in [0.3, 0.4) is 0 Å². The third-order valence-corrected chi connectivity index (χ3v) is 3.77. The van der Waals surface area contributed by atoms with Crippen LogP contribution < -0.4 is 19.5 Å². The first kappa shape index (κ1) is 18.2. The molecule has 0 aliphatic rings. The van der Waals surface area contributed by atoms with Crippen LogP contribution in [0.1, 0.15) is 5.56 Å².